The standard InChI is InChI=1S/C13H21N3O2/c1-13(2,8-18-4)16-11-7-9(14)5-6-10(11)12(17)15-3/h5-7,16H,8,14H2,1-4H3,(H,15,17). The summed E-state index contributed by atoms with van der Waals surface area (Å²) in [6, 6.07) is 5.17. The summed E-state index contributed by atoms with van der Waals surface area (Å²) in [6.45, 7) is 4.51. The Bertz CT molecular complexity index is 430. The molecule has 0 saturated carbocycles. The summed E-state index contributed by atoms with van der Waals surface area (Å²) in [4.78, 5) is 11.8. The van der Waals surface area contributed by atoms with Gasteiger partial charge in [0.05, 0.1) is 17.7 Å². The molecule has 5 nitrogen and oxygen atoms in total. The summed E-state index contributed by atoms with van der Waals surface area (Å²) in [5.41, 5.74) is 7.35. The Labute approximate surface area is 108 Å². The third-order valence-electron chi connectivity index (χ3n) is 2.49. The van der Waals surface area contributed by atoms with Gasteiger partial charge in [-0.05, 0) is 32.0 Å². The van der Waals surface area contributed by atoms with E-state index < -0.39 is 0 Å². The third-order valence-corrected chi connectivity index (χ3v) is 2.49. The molecule has 0 bridgehead atoms. The second kappa shape index (κ2) is 5.73. The van der Waals surface area contributed by atoms with Gasteiger partial charge in [-0.1, -0.05) is 0 Å². The van der Waals surface area contributed by atoms with Crippen molar-refractivity contribution in [2.24, 2.45) is 0 Å². The van der Waals surface area contributed by atoms with Crippen LogP contribution in [0.25, 0.3) is 0 Å². The van der Waals surface area contributed by atoms with E-state index in [4.69, 9.17) is 10.5 Å². The van der Waals surface area contributed by atoms with E-state index in [9.17, 15) is 4.79 Å². The molecular weight excluding hydrogens is 230 g/mol. The lowest BCUT2D eigenvalue weighted by molar-refractivity contribution is 0.0963. The minimum atomic E-state index is -0.286. The van der Waals surface area contributed by atoms with Gasteiger partial charge in [-0.15, -0.1) is 0 Å². The number of carbonyl (C=O) groups excluding carboxylic acids is 1. The number of nitrogen functional groups attached to an aromatic ring is 1. The second-order valence-electron chi connectivity index (χ2n) is 4.83. The summed E-state index contributed by atoms with van der Waals surface area (Å²) in [5, 5.41) is 5.89. The molecule has 0 unspecified atom stereocenters. The molecule has 0 aromatic heterocycles. The number of benzene rings is 1. The first-order valence-corrected chi connectivity index (χ1v) is 5.78. The van der Waals surface area contributed by atoms with Crippen molar-refractivity contribution < 1.29 is 9.53 Å². The molecule has 1 aromatic carbocycles. The number of rotatable bonds is 5. The number of nitrogens with one attached hydrogen (secondary N) is 2. The summed E-state index contributed by atoms with van der Waals surface area (Å²) in [7, 11) is 3.24. The lowest BCUT2D eigenvalue weighted by Crippen LogP contribution is -2.37. The van der Waals surface area contributed by atoms with Crippen molar-refractivity contribution in [1.82, 2.24) is 5.32 Å². The van der Waals surface area contributed by atoms with Crippen LogP contribution in [0.15, 0.2) is 18.2 Å². The van der Waals surface area contributed by atoms with Crippen LogP contribution in [0.2, 0.25) is 0 Å². The molecule has 1 amide bonds. The highest BCUT2D eigenvalue weighted by Gasteiger charge is 2.20. The van der Waals surface area contributed by atoms with Crippen LogP contribution >= 0.6 is 0 Å². The summed E-state index contributed by atoms with van der Waals surface area (Å²) in [5.74, 6) is -0.147. The Balaban J connectivity index is 3.06. The molecule has 18 heavy (non-hydrogen) atoms. The summed E-state index contributed by atoms with van der Waals surface area (Å²) in [6.07, 6.45) is 0. The molecule has 0 aliphatic carbocycles. The summed E-state index contributed by atoms with van der Waals surface area (Å²) >= 11 is 0. The van der Waals surface area contributed by atoms with Crippen molar-refractivity contribution in [3.8, 4) is 0 Å². The fourth-order valence-corrected chi connectivity index (χ4v) is 1.76. The van der Waals surface area contributed by atoms with Gasteiger partial charge in [0, 0.05) is 25.5 Å². The number of amides is 1. The van der Waals surface area contributed by atoms with E-state index in [0.29, 0.717) is 23.5 Å². The fourth-order valence-electron chi connectivity index (χ4n) is 1.76. The second-order valence-corrected chi connectivity index (χ2v) is 4.83. The molecule has 0 saturated heterocycles. The normalized spacial score (nSPS) is 11.1. The molecule has 0 heterocycles. The van der Waals surface area contributed by atoms with Crippen molar-refractivity contribution in [2.75, 3.05) is 31.8 Å². The van der Waals surface area contributed by atoms with Gasteiger partial charge in [0.25, 0.3) is 5.91 Å². The zero-order valence-electron chi connectivity index (χ0n) is 11.3. The van der Waals surface area contributed by atoms with E-state index >= 15 is 0 Å². The first kappa shape index (κ1) is 14.3. The zero-order valence-corrected chi connectivity index (χ0v) is 11.3. The lowest BCUT2D eigenvalue weighted by Gasteiger charge is -2.27. The number of nitrogens with two attached hydrogens (primary N) is 1. The van der Waals surface area contributed by atoms with E-state index in [0.717, 1.165) is 0 Å². The van der Waals surface area contributed by atoms with Crippen LogP contribution in [0.1, 0.15) is 24.2 Å². The van der Waals surface area contributed by atoms with Crippen LogP contribution < -0.4 is 16.4 Å². The van der Waals surface area contributed by atoms with E-state index in [2.05, 4.69) is 10.6 Å². The molecule has 0 aliphatic rings. The van der Waals surface area contributed by atoms with Crippen molar-refractivity contribution in [2.45, 2.75) is 19.4 Å². The predicted molar refractivity (Wildman–Crippen MR) is 73.8 cm³/mol. The molecule has 0 fully saturated rings. The Morgan fingerprint density at radius 3 is 2.67 bits per heavy atom. The van der Waals surface area contributed by atoms with Crippen LogP contribution in [-0.2, 0) is 4.74 Å². The van der Waals surface area contributed by atoms with Gasteiger partial charge >= 0.3 is 0 Å². The third kappa shape index (κ3) is 3.63. The Morgan fingerprint density at radius 1 is 1.44 bits per heavy atom. The molecule has 0 atom stereocenters. The SMILES string of the molecule is CNC(=O)c1ccc(N)cc1NC(C)(C)COC. The lowest BCUT2D eigenvalue weighted by atomic mass is 10.0. The fraction of sp³-hybridized carbons (Fsp3) is 0.462. The maximum Gasteiger partial charge on any atom is 0.253 e. The molecule has 1 rings (SSSR count). The van der Waals surface area contributed by atoms with E-state index in [1.165, 1.54) is 0 Å². The Morgan fingerprint density at radius 2 is 2.11 bits per heavy atom. The molecule has 4 N–H and O–H groups in total. The smallest absolute Gasteiger partial charge is 0.253 e. The highest BCUT2D eigenvalue weighted by Crippen LogP contribution is 2.23. The van der Waals surface area contributed by atoms with Gasteiger partial charge in [-0.2, -0.15) is 0 Å². The monoisotopic (exact) mass is 251 g/mol. The number of carbonyl (C=O) groups is 1. The van der Waals surface area contributed by atoms with E-state index in [1.54, 1.807) is 32.4 Å². The molecule has 100 valence electrons. The molecular formula is C13H21N3O2. The topological polar surface area (TPSA) is 76.4 Å². The number of ether oxygens (including phenoxy) is 1. The minimum absolute atomic E-state index is 0.147. The predicted octanol–water partition coefficient (Wildman–Crippen LogP) is 1.47. The minimum Gasteiger partial charge on any atom is -0.399 e. The molecule has 1 aromatic rings. The zero-order chi connectivity index (χ0) is 13.8. The highest BCUT2D eigenvalue weighted by molar-refractivity contribution is 6.00. The van der Waals surface area contributed by atoms with Gasteiger partial charge in [0.2, 0.25) is 0 Å². The Kier molecular flexibility index (Phi) is 4.55. The first-order chi connectivity index (χ1) is 8.39. The number of anilines is 2. The van der Waals surface area contributed by atoms with Gasteiger partial charge < -0.3 is 21.1 Å². The maximum atomic E-state index is 11.8. The van der Waals surface area contributed by atoms with Gasteiger partial charge in [0.15, 0.2) is 0 Å². The Hall–Kier alpha value is -1.75. The van der Waals surface area contributed by atoms with Crippen LogP contribution in [-0.4, -0.2) is 32.2 Å². The molecule has 5 heteroatoms. The van der Waals surface area contributed by atoms with Gasteiger partial charge in [-0.3, -0.25) is 4.79 Å². The van der Waals surface area contributed by atoms with Crippen molar-refractivity contribution in [3.05, 3.63) is 23.8 Å². The maximum absolute atomic E-state index is 11.8. The highest BCUT2D eigenvalue weighted by atomic mass is 16.5. The molecule has 0 radical (unpaired) electrons. The van der Waals surface area contributed by atoms with Crippen LogP contribution in [0, 0.1) is 0 Å². The molecule has 0 spiro atoms. The number of methoxy groups -OCH3 is 1. The summed E-state index contributed by atoms with van der Waals surface area (Å²) < 4.78 is 5.14. The quantitative estimate of drug-likeness (QED) is 0.693. The van der Waals surface area contributed by atoms with Gasteiger partial charge in [0.1, 0.15) is 0 Å². The molecule has 0 aliphatic heterocycles. The van der Waals surface area contributed by atoms with Crippen LogP contribution in [0.4, 0.5) is 11.4 Å². The van der Waals surface area contributed by atoms with Crippen molar-refractivity contribution >= 4 is 17.3 Å². The van der Waals surface area contributed by atoms with E-state index in [1.807, 2.05) is 13.8 Å². The largest absolute Gasteiger partial charge is 0.399 e. The first-order valence-electron chi connectivity index (χ1n) is 5.78. The average Bonchev–Trinajstić information content (AvgIpc) is 2.27. The van der Waals surface area contributed by atoms with Crippen LogP contribution in [0.5, 0.6) is 0 Å². The number of hydrogen-bond acceptors (Lipinski definition) is 4. The van der Waals surface area contributed by atoms with Crippen LogP contribution in [0.3, 0.4) is 0 Å². The van der Waals surface area contributed by atoms with E-state index in [-0.39, 0.29) is 11.4 Å². The van der Waals surface area contributed by atoms with Crippen molar-refractivity contribution in [1.29, 1.82) is 0 Å². The van der Waals surface area contributed by atoms with Crippen molar-refractivity contribution in [3.63, 3.8) is 0 Å². The average molecular weight is 251 g/mol. The number of hydrogen-bond donors (Lipinski definition) is 3. The van der Waals surface area contributed by atoms with Gasteiger partial charge in [-0.25, -0.2) is 0 Å².